The number of anilines is 1. The van der Waals surface area contributed by atoms with Crippen LogP contribution in [0.5, 0.6) is 0 Å². The second kappa shape index (κ2) is 5.77. The minimum Gasteiger partial charge on any atom is -0.356 e. The number of aryl methyl sites for hydroxylation is 2. The second-order valence-electron chi connectivity index (χ2n) is 5.15. The number of amides is 1. The van der Waals surface area contributed by atoms with Crippen molar-refractivity contribution in [1.82, 2.24) is 10.1 Å². The van der Waals surface area contributed by atoms with Gasteiger partial charge in [0, 0.05) is 16.6 Å². The van der Waals surface area contributed by atoms with Gasteiger partial charge in [-0.1, -0.05) is 16.8 Å². The first-order chi connectivity index (χ1) is 10.5. The maximum atomic E-state index is 12.1. The molecule has 0 saturated heterocycles. The van der Waals surface area contributed by atoms with Gasteiger partial charge in [0.15, 0.2) is 5.58 Å². The van der Waals surface area contributed by atoms with Gasteiger partial charge in [0.2, 0.25) is 5.91 Å². The van der Waals surface area contributed by atoms with Gasteiger partial charge in [-0.3, -0.25) is 4.79 Å². The molecule has 0 atom stereocenters. The SMILES string of the molecule is Cc1cc2onc(CC(=O)Nc3cc(Cl)ccn3)c2cc1C. The van der Waals surface area contributed by atoms with Gasteiger partial charge in [0.1, 0.15) is 11.5 Å². The smallest absolute Gasteiger partial charge is 0.231 e. The highest BCUT2D eigenvalue weighted by Gasteiger charge is 2.14. The third-order valence-electron chi connectivity index (χ3n) is 3.48. The van der Waals surface area contributed by atoms with E-state index in [9.17, 15) is 4.79 Å². The molecule has 112 valence electrons. The van der Waals surface area contributed by atoms with Crippen LogP contribution in [0.4, 0.5) is 5.82 Å². The van der Waals surface area contributed by atoms with Gasteiger partial charge < -0.3 is 9.84 Å². The molecule has 0 unspecified atom stereocenters. The average Bonchev–Trinajstić information content (AvgIpc) is 2.81. The quantitative estimate of drug-likeness (QED) is 0.800. The van der Waals surface area contributed by atoms with Crippen LogP contribution in [0.15, 0.2) is 35.0 Å². The van der Waals surface area contributed by atoms with Crippen LogP contribution in [0.2, 0.25) is 5.02 Å². The minimum absolute atomic E-state index is 0.115. The topological polar surface area (TPSA) is 68.0 Å². The number of aromatic nitrogens is 2. The van der Waals surface area contributed by atoms with Crippen LogP contribution in [-0.2, 0) is 11.2 Å². The third-order valence-corrected chi connectivity index (χ3v) is 3.71. The molecule has 22 heavy (non-hydrogen) atoms. The van der Waals surface area contributed by atoms with Crippen LogP contribution in [0.3, 0.4) is 0 Å². The van der Waals surface area contributed by atoms with Gasteiger partial charge >= 0.3 is 0 Å². The summed E-state index contributed by atoms with van der Waals surface area (Å²) in [5.41, 5.74) is 3.56. The Morgan fingerprint density at radius 2 is 2.05 bits per heavy atom. The van der Waals surface area contributed by atoms with Crippen molar-refractivity contribution < 1.29 is 9.32 Å². The van der Waals surface area contributed by atoms with E-state index >= 15 is 0 Å². The summed E-state index contributed by atoms with van der Waals surface area (Å²) in [7, 11) is 0. The molecule has 2 aromatic heterocycles. The molecule has 1 aromatic carbocycles. The van der Waals surface area contributed by atoms with E-state index < -0.39 is 0 Å². The molecule has 0 fully saturated rings. The van der Waals surface area contributed by atoms with Crippen molar-refractivity contribution in [2.24, 2.45) is 0 Å². The van der Waals surface area contributed by atoms with Crippen LogP contribution in [0.25, 0.3) is 11.0 Å². The third kappa shape index (κ3) is 2.94. The number of hydrogen-bond donors (Lipinski definition) is 1. The van der Waals surface area contributed by atoms with Crippen molar-refractivity contribution in [3.8, 4) is 0 Å². The maximum Gasteiger partial charge on any atom is 0.231 e. The summed E-state index contributed by atoms with van der Waals surface area (Å²) in [6.07, 6.45) is 1.65. The maximum absolute atomic E-state index is 12.1. The second-order valence-corrected chi connectivity index (χ2v) is 5.58. The lowest BCUT2D eigenvalue weighted by atomic mass is 10.1. The first-order valence-corrected chi connectivity index (χ1v) is 7.17. The number of halogens is 1. The molecule has 5 nitrogen and oxygen atoms in total. The average molecular weight is 316 g/mol. The lowest BCUT2D eigenvalue weighted by Gasteiger charge is -2.03. The van der Waals surface area contributed by atoms with Gasteiger partial charge in [-0.2, -0.15) is 0 Å². The number of pyridine rings is 1. The Hall–Kier alpha value is -2.40. The number of benzene rings is 1. The zero-order valence-corrected chi connectivity index (χ0v) is 12.9. The van der Waals surface area contributed by atoms with Crippen molar-refractivity contribution in [3.63, 3.8) is 0 Å². The van der Waals surface area contributed by atoms with Gasteiger partial charge in [-0.05, 0) is 49.2 Å². The van der Waals surface area contributed by atoms with Gasteiger partial charge in [0.05, 0.1) is 6.42 Å². The molecule has 6 heteroatoms. The van der Waals surface area contributed by atoms with Crippen LogP contribution < -0.4 is 5.32 Å². The van der Waals surface area contributed by atoms with E-state index in [1.54, 1.807) is 12.1 Å². The normalized spacial score (nSPS) is 10.9. The molecule has 0 aliphatic carbocycles. The Labute approximate surface area is 132 Å². The summed E-state index contributed by atoms with van der Waals surface area (Å²) >= 11 is 5.86. The largest absolute Gasteiger partial charge is 0.356 e. The Morgan fingerprint density at radius 3 is 2.82 bits per heavy atom. The molecule has 0 saturated carbocycles. The molecule has 0 aliphatic heterocycles. The summed E-state index contributed by atoms with van der Waals surface area (Å²) in [5.74, 6) is 0.195. The van der Waals surface area contributed by atoms with Crippen LogP contribution in [0.1, 0.15) is 16.8 Å². The van der Waals surface area contributed by atoms with E-state index in [2.05, 4.69) is 15.5 Å². The van der Waals surface area contributed by atoms with Crippen LogP contribution in [0, 0.1) is 13.8 Å². The number of nitrogens with zero attached hydrogens (tertiary/aromatic N) is 2. The molecule has 0 spiro atoms. The van der Waals surface area contributed by atoms with Crippen molar-refractivity contribution in [3.05, 3.63) is 52.3 Å². The zero-order chi connectivity index (χ0) is 15.7. The van der Waals surface area contributed by atoms with E-state index in [4.69, 9.17) is 16.1 Å². The number of hydrogen-bond acceptors (Lipinski definition) is 4. The van der Waals surface area contributed by atoms with E-state index in [1.165, 1.54) is 6.20 Å². The summed E-state index contributed by atoms with van der Waals surface area (Å²) in [6, 6.07) is 7.15. The van der Waals surface area contributed by atoms with Crippen LogP contribution in [-0.4, -0.2) is 16.0 Å². The first-order valence-electron chi connectivity index (χ1n) is 6.80. The summed E-state index contributed by atoms with van der Waals surface area (Å²) in [6.45, 7) is 4.02. The molecular weight excluding hydrogens is 302 g/mol. The molecule has 3 rings (SSSR count). The van der Waals surface area contributed by atoms with E-state index in [1.807, 2.05) is 26.0 Å². The molecule has 0 radical (unpaired) electrons. The van der Waals surface area contributed by atoms with Crippen molar-refractivity contribution in [2.45, 2.75) is 20.3 Å². The zero-order valence-electron chi connectivity index (χ0n) is 12.2. The molecule has 1 amide bonds. The van der Waals surface area contributed by atoms with Crippen molar-refractivity contribution >= 4 is 34.3 Å². The standard InChI is InChI=1S/C16H14ClN3O2/c1-9-5-12-13(20-22-14(12)6-10(9)2)8-16(21)19-15-7-11(17)3-4-18-15/h3-7H,8H2,1-2H3,(H,18,19,21). The monoisotopic (exact) mass is 315 g/mol. The van der Waals surface area contributed by atoms with E-state index in [-0.39, 0.29) is 12.3 Å². The van der Waals surface area contributed by atoms with Gasteiger partial charge in [-0.15, -0.1) is 0 Å². The number of rotatable bonds is 3. The lowest BCUT2D eigenvalue weighted by molar-refractivity contribution is -0.115. The van der Waals surface area contributed by atoms with Crippen molar-refractivity contribution in [2.75, 3.05) is 5.32 Å². The Kier molecular flexibility index (Phi) is 3.81. The summed E-state index contributed by atoms with van der Waals surface area (Å²) in [5, 5.41) is 8.07. The highest BCUT2D eigenvalue weighted by molar-refractivity contribution is 6.30. The fourth-order valence-corrected chi connectivity index (χ4v) is 2.34. The molecule has 3 aromatic rings. The molecule has 1 N–H and O–H groups in total. The first kappa shape index (κ1) is 14.5. The van der Waals surface area contributed by atoms with Crippen LogP contribution >= 0.6 is 11.6 Å². The van der Waals surface area contributed by atoms with E-state index in [0.717, 1.165) is 16.5 Å². The van der Waals surface area contributed by atoms with Crippen molar-refractivity contribution in [1.29, 1.82) is 0 Å². The highest BCUT2D eigenvalue weighted by atomic mass is 35.5. The predicted molar refractivity (Wildman–Crippen MR) is 85.1 cm³/mol. The lowest BCUT2D eigenvalue weighted by Crippen LogP contribution is -2.15. The Morgan fingerprint density at radius 1 is 1.27 bits per heavy atom. The molecule has 2 heterocycles. The Bertz CT molecular complexity index is 858. The van der Waals surface area contributed by atoms with Gasteiger partial charge in [-0.25, -0.2) is 4.98 Å². The molecular formula is C16H14ClN3O2. The highest BCUT2D eigenvalue weighted by Crippen LogP contribution is 2.23. The number of fused-ring (bicyclic) bond motifs is 1. The molecule has 0 bridgehead atoms. The number of nitrogens with one attached hydrogen (secondary N) is 1. The Balaban J connectivity index is 1.81. The number of carbonyl (C=O) groups excluding carboxylic acids is 1. The predicted octanol–water partition coefficient (Wildman–Crippen LogP) is 3.67. The molecule has 0 aliphatic rings. The van der Waals surface area contributed by atoms with Gasteiger partial charge in [0.25, 0.3) is 0 Å². The number of carbonyl (C=O) groups is 1. The fraction of sp³-hybridized carbons (Fsp3) is 0.188. The summed E-state index contributed by atoms with van der Waals surface area (Å²) in [4.78, 5) is 16.1. The minimum atomic E-state index is -0.219. The fourth-order valence-electron chi connectivity index (χ4n) is 2.18. The summed E-state index contributed by atoms with van der Waals surface area (Å²) < 4.78 is 5.29. The van der Waals surface area contributed by atoms with E-state index in [0.29, 0.717) is 22.1 Å².